The van der Waals surface area contributed by atoms with Crippen molar-refractivity contribution in [1.29, 1.82) is 0 Å². The minimum Gasteiger partial charge on any atom is -0.491 e. The number of carboxylic acid groups (broad SMARTS) is 1. The summed E-state index contributed by atoms with van der Waals surface area (Å²) in [4.78, 5) is 22.1. The van der Waals surface area contributed by atoms with Crippen LogP contribution in [0, 0.1) is 0 Å². The van der Waals surface area contributed by atoms with E-state index in [9.17, 15) is 9.59 Å². The molecule has 0 aliphatic rings. The Morgan fingerprint density at radius 2 is 2.17 bits per heavy atom. The van der Waals surface area contributed by atoms with E-state index >= 15 is 0 Å². The number of anilines is 1. The Morgan fingerprint density at radius 3 is 2.72 bits per heavy atom. The first-order chi connectivity index (χ1) is 8.58. The highest BCUT2D eigenvalue weighted by Crippen LogP contribution is 2.26. The van der Waals surface area contributed by atoms with Crippen molar-refractivity contribution in [2.24, 2.45) is 5.73 Å². The largest absolute Gasteiger partial charge is 0.491 e. The summed E-state index contributed by atoms with van der Waals surface area (Å²) in [6.07, 6.45) is 0.779. The van der Waals surface area contributed by atoms with E-state index in [1.165, 1.54) is 18.2 Å². The van der Waals surface area contributed by atoms with E-state index in [2.05, 4.69) is 5.32 Å². The number of carbonyl (C=O) groups is 2. The van der Waals surface area contributed by atoms with E-state index in [4.69, 9.17) is 15.6 Å². The summed E-state index contributed by atoms with van der Waals surface area (Å²) in [5, 5.41) is 11.4. The topological polar surface area (TPSA) is 102 Å². The number of carbonyl (C=O) groups excluding carboxylic acids is 1. The standard InChI is InChI=1S/C12H16N2O4/c1-2-5-18-10-6-8(12(16)17)3-4-9(10)14-11(15)7-13/h3-4,6H,2,5,7,13H2,1H3,(H,14,15)(H,16,17). The highest BCUT2D eigenvalue weighted by Gasteiger charge is 2.11. The second-order valence-corrected chi connectivity index (χ2v) is 3.62. The number of aromatic carboxylic acids is 1. The number of rotatable bonds is 6. The fourth-order valence-corrected chi connectivity index (χ4v) is 1.29. The number of hydrogen-bond acceptors (Lipinski definition) is 4. The first-order valence-corrected chi connectivity index (χ1v) is 5.58. The minimum atomic E-state index is -1.05. The lowest BCUT2D eigenvalue weighted by Crippen LogP contribution is -2.22. The normalized spacial score (nSPS) is 9.89. The van der Waals surface area contributed by atoms with Gasteiger partial charge in [0.15, 0.2) is 0 Å². The van der Waals surface area contributed by atoms with Gasteiger partial charge in [-0.2, -0.15) is 0 Å². The molecule has 6 nitrogen and oxygen atoms in total. The third-order valence-electron chi connectivity index (χ3n) is 2.15. The van der Waals surface area contributed by atoms with Gasteiger partial charge in [0.1, 0.15) is 5.75 Å². The number of carboxylic acids is 1. The molecule has 0 radical (unpaired) electrons. The summed E-state index contributed by atoms with van der Waals surface area (Å²) >= 11 is 0. The summed E-state index contributed by atoms with van der Waals surface area (Å²) in [6.45, 7) is 2.22. The van der Waals surface area contributed by atoms with Gasteiger partial charge in [0.2, 0.25) is 5.91 Å². The van der Waals surface area contributed by atoms with Crippen molar-refractivity contribution in [1.82, 2.24) is 0 Å². The van der Waals surface area contributed by atoms with Crippen LogP contribution >= 0.6 is 0 Å². The molecule has 1 rings (SSSR count). The molecule has 1 aromatic carbocycles. The zero-order chi connectivity index (χ0) is 13.5. The third kappa shape index (κ3) is 3.74. The molecule has 6 heteroatoms. The maximum atomic E-state index is 11.2. The zero-order valence-electron chi connectivity index (χ0n) is 10.1. The monoisotopic (exact) mass is 252 g/mol. The Kier molecular flexibility index (Phi) is 5.13. The van der Waals surface area contributed by atoms with Crippen LogP contribution in [0.2, 0.25) is 0 Å². The van der Waals surface area contributed by atoms with Crippen molar-refractivity contribution < 1.29 is 19.4 Å². The van der Waals surface area contributed by atoms with Gasteiger partial charge in [0, 0.05) is 0 Å². The molecule has 0 aliphatic heterocycles. The van der Waals surface area contributed by atoms with Gasteiger partial charge in [-0.05, 0) is 24.6 Å². The van der Waals surface area contributed by atoms with Gasteiger partial charge in [-0.3, -0.25) is 4.79 Å². The van der Waals surface area contributed by atoms with Gasteiger partial charge in [0.25, 0.3) is 0 Å². The molecule has 0 aromatic heterocycles. The number of hydrogen-bond donors (Lipinski definition) is 3. The molecule has 4 N–H and O–H groups in total. The number of ether oxygens (including phenoxy) is 1. The summed E-state index contributed by atoms with van der Waals surface area (Å²) in [5.41, 5.74) is 5.73. The molecule has 0 aliphatic carbocycles. The number of amides is 1. The van der Waals surface area contributed by atoms with Crippen LogP contribution in [0.15, 0.2) is 18.2 Å². The van der Waals surface area contributed by atoms with Gasteiger partial charge >= 0.3 is 5.97 Å². The summed E-state index contributed by atoms with van der Waals surface area (Å²) in [7, 11) is 0. The molecule has 1 amide bonds. The maximum Gasteiger partial charge on any atom is 0.335 e. The number of nitrogens with two attached hydrogens (primary N) is 1. The molecule has 98 valence electrons. The molecular formula is C12H16N2O4. The van der Waals surface area contributed by atoms with E-state index < -0.39 is 5.97 Å². The highest BCUT2D eigenvalue weighted by molar-refractivity contribution is 5.95. The van der Waals surface area contributed by atoms with Crippen LogP contribution < -0.4 is 15.8 Å². The molecule has 0 atom stereocenters. The molecule has 0 bridgehead atoms. The van der Waals surface area contributed by atoms with Crippen LogP contribution in [-0.4, -0.2) is 30.1 Å². The molecule has 0 saturated carbocycles. The van der Waals surface area contributed by atoms with Crippen molar-refractivity contribution in [3.63, 3.8) is 0 Å². The average molecular weight is 252 g/mol. The first-order valence-electron chi connectivity index (χ1n) is 5.58. The lowest BCUT2D eigenvalue weighted by Gasteiger charge is -2.12. The number of nitrogens with one attached hydrogen (secondary N) is 1. The molecule has 0 heterocycles. The average Bonchev–Trinajstić information content (AvgIpc) is 2.37. The SMILES string of the molecule is CCCOc1cc(C(=O)O)ccc1NC(=O)CN. The van der Waals surface area contributed by atoms with Gasteiger partial charge in [0.05, 0.1) is 24.4 Å². The molecule has 0 saturated heterocycles. The van der Waals surface area contributed by atoms with Crippen LogP contribution in [0.25, 0.3) is 0 Å². The molecule has 1 aromatic rings. The summed E-state index contributed by atoms with van der Waals surface area (Å²) in [6, 6.07) is 4.26. The quantitative estimate of drug-likeness (QED) is 0.703. The number of benzene rings is 1. The minimum absolute atomic E-state index is 0.104. The first kappa shape index (κ1) is 14.0. The Hall–Kier alpha value is -2.08. The fraction of sp³-hybridized carbons (Fsp3) is 0.333. The maximum absolute atomic E-state index is 11.2. The second-order valence-electron chi connectivity index (χ2n) is 3.62. The van der Waals surface area contributed by atoms with Crippen molar-refractivity contribution in [3.05, 3.63) is 23.8 Å². The van der Waals surface area contributed by atoms with Gasteiger partial charge < -0.3 is 20.9 Å². The van der Waals surface area contributed by atoms with Crippen molar-refractivity contribution in [3.8, 4) is 5.75 Å². The van der Waals surface area contributed by atoms with Crippen LogP contribution in [-0.2, 0) is 4.79 Å². The molecule has 0 fully saturated rings. The van der Waals surface area contributed by atoms with Crippen LogP contribution in [0.5, 0.6) is 5.75 Å². The van der Waals surface area contributed by atoms with Gasteiger partial charge in [-0.1, -0.05) is 6.92 Å². The van der Waals surface area contributed by atoms with E-state index in [1.54, 1.807) is 0 Å². The lowest BCUT2D eigenvalue weighted by atomic mass is 10.2. The molecular weight excluding hydrogens is 236 g/mol. The Balaban J connectivity index is 2.99. The van der Waals surface area contributed by atoms with Crippen LogP contribution in [0.4, 0.5) is 5.69 Å². The van der Waals surface area contributed by atoms with E-state index in [0.717, 1.165) is 6.42 Å². The smallest absolute Gasteiger partial charge is 0.335 e. The summed E-state index contributed by atoms with van der Waals surface area (Å²) < 4.78 is 5.40. The van der Waals surface area contributed by atoms with E-state index in [-0.39, 0.29) is 18.0 Å². The van der Waals surface area contributed by atoms with Crippen LogP contribution in [0.1, 0.15) is 23.7 Å². The highest BCUT2D eigenvalue weighted by atomic mass is 16.5. The molecule has 18 heavy (non-hydrogen) atoms. The predicted molar refractivity (Wildman–Crippen MR) is 66.9 cm³/mol. The Labute approximate surface area is 105 Å². The van der Waals surface area contributed by atoms with Crippen LogP contribution in [0.3, 0.4) is 0 Å². The van der Waals surface area contributed by atoms with E-state index in [1.807, 2.05) is 6.92 Å². The zero-order valence-corrected chi connectivity index (χ0v) is 10.1. The van der Waals surface area contributed by atoms with E-state index in [0.29, 0.717) is 18.0 Å². The lowest BCUT2D eigenvalue weighted by molar-refractivity contribution is -0.114. The molecule has 0 spiro atoms. The molecule has 0 unspecified atom stereocenters. The van der Waals surface area contributed by atoms with Gasteiger partial charge in [-0.15, -0.1) is 0 Å². The van der Waals surface area contributed by atoms with Crippen molar-refractivity contribution in [2.75, 3.05) is 18.5 Å². The van der Waals surface area contributed by atoms with Gasteiger partial charge in [-0.25, -0.2) is 4.79 Å². The Bertz CT molecular complexity index is 446. The van der Waals surface area contributed by atoms with Crippen molar-refractivity contribution in [2.45, 2.75) is 13.3 Å². The third-order valence-corrected chi connectivity index (χ3v) is 2.15. The Morgan fingerprint density at radius 1 is 1.44 bits per heavy atom. The second kappa shape index (κ2) is 6.61. The predicted octanol–water partition coefficient (Wildman–Crippen LogP) is 1.07. The van der Waals surface area contributed by atoms with Crippen molar-refractivity contribution >= 4 is 17.6 Å². The summed E-state index contributed by atoms with van der Waals surface area (Å²) in [5.74, 6) is -1.08. The fourth-order valence-electron chi connectivity index (χ4n) is 1.29.